The van der Waals surface area contributed by atoms with E-state index in [-0.39, 0.29) is 11.1 Å². The van der Waals surface area contributed by atoms with Gasteiger partial charge in [0.05, 0.1) is 20.9 Å². The van der Waals surface area contributed by atoms with Gasteiger partial charge in [-0.2, -0.15) is 5.10 Å². The summed E-state index contributed by atoms with van der Waals surface area (Å²) in [6.07, 6.45) is 0. The molecule has 3 rings (SSSR count). The predicted octanol–water partition coefficient (Wildman–Crippen LogP) is 3.69. The minimum atomic E-state index is -1.03. The number of rotatable bonds is 2. The Balaban J connectivity index is 2.23. The van der Waals surface area contributed by atoms with Gasteiger partial charge in [0.2, 0.25) is 0 Å². The van der Waals surface area contributed by atoms with E-state index in [1.54, 1.807) is 29.1 Å². The molecule has 114 valence electrons. The average Bonchev–Trinajstić information content (AvgIpc) is 3.01. The lowest BCUT2D eigenvalue weighted by Crippen LogP contribution is -2.09. The summed E-state index contributed by atoms with van der Waals surface area (Å²) in [6.45, 7) is 6.41. The minimum Gasteiger partial charge on any atom is -0.476 e. The number of nitrogens with zero attached hydrogens (tertiary/aromatic N) is 3. The molecule has 0 fully saturated rings. The first-order chi connectivity index (χ1) is 10.3. The fraction of sp³-hybridized carbons (Fsp3) is 0.312. The first-order valence-electron chi connectivity index (χ1n) is 6.95. The highest BCUT2D eigenvalue weighted by atomic mass is 32.1. The van der Waals surface area contributed by atoms with Crippen molar-refractivity contribution in [1.29, 1.82) is 0 Å². The van der Waals surface area contributed by atoms with Crippen LogP contribution in [0.4, 0.5) is 0 Å². The maximum Gasteiger partial charge on any atom is 0.356 e. The van der Waals surface area contributed by atoms with Crippen LogP contribution in [0.2, 0.25) is 0 Å². The lowest BCUT2D eigenvalue weighted by atomic mass is 9.98. The van der Waals surface area contributed by atoms with Crippen molar-refractivity contribution in [2.75, 3.05) is 0 Å². The van der Waals surface area contributed by atoms with Crippen LogP contribution >= 0.6 is 11.3 Å². The van der Waals surface area contributed by atoms with Crippen LogP contribution in [-0.4, -0.2) is 25.8 Å². The summed E-state index contributed by atoms with van der Waals surface area (Å²) >= 11 is 1.67. The van der Waals surface area contributed by atoms with Crippen molar-refractivity contribution in [3.8, 4) is 11.3 Å². The molecule has 0 spiro atoms. The van der Waals surface area contributed by atoms with Gasteiger partial charge in [-0.3, -0.25) is 4.68 Å². The number of para-hydroxylation sites is 1. The second-order valence-electron chi connectivity index (χ2n) is 6.26. The summed E-state index contributed by atoms with van der Waals surface area (Å²) in [4.78, 5) is 15.9. The third-order valence-electron chi connectivity index (χ3n) is 3.44. The SMILES string of the molecule is Cn1nc(C(=O)O)cc1-c1cccc2sc(C(C)(C)C)nc12. The third-order valence-corrected chi connectivity index (χ3v) is 4.88. The molecule has 0 unspecified atom stereocenters. The Morgan fingerprint density at radius 3 is 2.64 bits per heavy atom. The monoisotopic (exact) mass is 315 g/mol. The first-order valence-corrected chi connectivity index (χ1v) is 7.77. The molecule has 0 saturated carbocycles. The van der Waals surface area contributed by atoms with Gasteiger partial charge in [-0.1, -0.05) is 32.9 Å². The van der Waals surface area contributed by atoms with Gasteiger partial charge in [-0.15, -0.1) is 11.3 Å². The molecule has 3 aromatic rings. The minimum absolute atomic E-state index is 0.0142. The van der Waals surface area contributed by atoms with E-state index in [1.807, 2.05) is 18.2 Å². The van der Waals surface area contributed by atoms with Gasteiger partial charge in [0, 0.05) is 18.0 Å². The molecule has 5 nitrogen and oxygen atoms in total. The van der Waals surface area contributed by atoms with E-state index in [4.69, 9.17) is 10.1 Å². The van der Waals surface area contributed by atoms with Crippen molar-refractivity contribution in [3.05, 3.63) is 35.0 Å². The van der Waals surface area contributed by atoms with Crippen molar-refractivity contribution >= 4 is 27.5 Å². The molecular formula is C16H17N3O2S. The molecule has 0 aliphatic rings. The Kier molecular flexibility index (Phi) is 3.29. The zero-order valence-corrected chi connectivity index (χ0v) is 13.7. The first kappa shape index (κ1) is 14.7. The van der Waals surface area contributed by atoms with Crippen molar-refractivity contribution in [2.45, 2.75) is 26.2 Å². The molecule has 0 amide bonds. The number of aryl methyl sites for hydroxylation is 1. The van der Waals surface area contributed by atoms with Gasteiger partial charge < -0.3 is 5.11 Å². The molecule has 0 aliphatic carbocycles. The summed E-state index contributed by atoms with van der Waals surface area (Å²) in [7, 11) is 1.75. The van der Waals surface area contributed by atoms with Crippen molar-refractivity contribution < 1.29 is 9.90 Å². The highest BCUT2D eigenvalue weighted by Gasteiger charge is 2.21. The second-order valence-corrected chi connectivity index (χ2v) is 7.30. The molecule has 0 saturated heterocycles. The molecule has 22 heavy (non-hydrogen) atoms. The third kappa shape index (κ3) is 2.39. The van der Waals surface area contributed by atoms with Crippen LogP contribution in [0.15, 0.2) is 24.3 Å². The predicted molar refractivity (Wildman–Crippen MR) is 87.5 cm³/mol. The number of carboxylic acid groups (broad SMARTS) is 1. The summed E-state index contributed by atoms with van der Waals surface area (Å²) in [5.41, 5.74) is 2.60. The number of carboxylic acids is 1. The maximum atomic E-state index is 11.1. The number of aromatic nitrogens is 3. The number of hydrogen-bond donors (Lipinski definition) is 1. The molecule has 0 aliphatic heterocycles. The van der Waals surface area contributed by atoms with Crippen LogP contribution in [-0.2, 0) is 12.5 Å². The van der Waals surface area contributed by atoms with E-state index < -0.39 is 5.97 Å². The maximum absolute atomic E-state index is 11.1. The van der Waals surface area contributed by atoms with Gasteiger partial charge in [0.25, 0.3) is 0 Å². The largest absolute Gasteiger partial charge is 0.476 e. The summed E-state index contributed by atoms with van der Waals surface area (Å²) in [5.74, 6) is -1.03. The van der Waals surface area contributed by atoms with E-state index in [0.29, 0.717) is 0 Å². The molecule has 1 N–H and O–H groups in total. The normalized spacial score (nSPS) is 12.0. The fourth-order valence-corrected chi connectivity index (χ4v) is 3.35. The Hall–Kier alpha value is -2.21. The van der Waals surface area contributed by atoms with Gasteiger partial charge >= 0.3 is 5.97 Å². The van der Waals surface area contributed by atoms with Crippen LogP contribution in [0, 0.1) is 0 Å². The van der Waals surface area contributed by atoms with Crippen LogP contribution in [0.5, 0.6) is 0 Å². The fourth-order valence-electron chi connectivity index (χ4n) is 2.30. The summed E-state index contributed by atoms with van der Waals surface area (Å²) in [6, 6.07) is 7.56. The van der Waals surface area contributed by atoms with E-state index in [1.165, 1.54) is 0 Å². The zero-order chi connectivity index (χ0) is 16.1. The van der Waals surface area contributed by atoms with Crippen LogP contribution in [0.1, 0.15) is 36.3 Å². The highest BCUT2D eigenvalue weighted by molar-refractivity contribution is 7.18. The lowest BCUT2D eigenvalue weighted by Gasteiger charge is -2.13. The Bertz CT molecular complexity index is 871. The smallest absolute Gasteiger partial charge is 0.356 e. The number of benzene rings is 1. The molecule has 0 radical (unpaired) electrons. The molecule has 6 heteroatoms. The van der Waals surface area contributed by atoms with E-state index >= 15 is 0 Å². The molecule has 2 aromatic heterocycles. The molecular weight excluding hydrogens is 298 g/mol. The number of thiazole rings is 1. The Morgan fingerprint density at radius 2 is 2.05 bits per heavy atom. The molecule has 0 bridgehead atoms. The van der Waals surface area contributed by atoms with Crippen LogP contribution in [0.3, 0.4) is 0 Å². The summed E-state index contributed by atoms with van der Waals surface area (Å²) < 4.78 is 2.69. The van der Waals surface area contributed by atoms with Crippen LogP contribution in [0.25, 0.3) is 21.5 Å². The standard InChI is InChI=1S/C16H17N3O2S/c1-16(2,3)15-17-13-9(6-5-7-12(13)22-15)11-8-10(14(20)21)18-19(11)4/h5-8H,1-4H3,(H,20,21). The molecule has 2 heterocycles. The average molecular weight is 315 g/mol. The van der Waals surface area contributed by atoms with E-state index in [9.17, 15) is 4.79 Å². The number of carbonyl (C=O) groups is 1. The Morgan fingerprint density at radius 1 is 1.32 bits per heavy atom. The van der Waals surface area contributed by atoms with Gasteiger partial charge in [0.1, 0.15) is 0 Å². The molecule has 1 aromatic carbocycles. The van der Waals surface area contributed by atoms with Crippen molar-refractivity contribution in [2.24, 2.45) is 7.05 Å². The van der Waals surface area contributed by atoms with Crippen molar-refractivity contribution in [1.82, 2.24) is 14.8 Å². The second kappa shape index (κ2) is 4.91. The Labute approximate surface area is 132 Å². The van der Waals surface area contributed by atoms with E-state index in [2.05, 4.69) is 25.9 Å². The van der Waals surface area contributed by atoms with Crippen molar-refractivity contribution in [3.63, 3.8) is 0 Å². The molecule has 0 atom stereocenters. The van der Waals surface area contributed by atoms with Gasteiger partial charge in [-0.05, 0) is 12.1 Å². The highest BCUT2D eigenvalue weighted by Crippen LogP contribution is 2.36. The zero-order valence-electron chi connectivity index (χ0n) is 12.9. The van der Waals surface area contributed by atoms with Gasteiger partial charge in [-0.25, -0.2) is 9.78 Å². The topological polar surface area (TPSA) is 68.0 Å². The van der Waals surface area contributed by atoms with Crippen LogP contribution < -0.4 is 0 Å². The summed E-state index contributed by atoms with van der Waals surface area (Å²) in [5, 5.41) is 14.2. The number of fused-ring (bicyclic) bond motifs is 1. The lowest BCUT2D eigenvalue weighted by molar-refractivity contribution is 0.0689. The number of aromatic carboxylic acids is 1. The number of hydrogen-bond acceptors (Lipinski definition) is 4. The quantitative estimate of drug-likeness (QED) is 0.783. The van der Waals surface area contributed by atoms with Gasteiger partial charge in [0.15, 0.2) is 5.69 Å². The van der Waals surface area contributed by atoms with E-state index in [0.717, 1.165) is 26.5 Å².